The van der Waals surface area contributed by atoms with E-state index < -0.39 is 55.1 Å². The highest BCUT2D eigenvalue weighted by Gasteiger charge is 2.49. The third-order valence-corrected chi connectivity index (χ3v) is 2.82. The molecule has 5 atom stereocenters. The van der Waals surface area contributed by atoms with Crippen molar-refractivity contribution in [2.75, 3.05) is 6.61 Å². The SMILES string of the molecule is CC(=O)N[C@H]1[C@H](OC(C)=O)[C@@H](OC(C)=O)[C@H](CO)O[C@H]1O. The fourth-order valence-corrected chi connectivity index (χ4v) is 2.12. The van der Waals surface area contributed by atoms with Crippen LogP contribution >= 0.6 is 0 Å². The Kier molecular flexibility index (Phi) is 6.06. The van der Waals surface area contributed by atoms with Gasteiger partial charge >= 0.3 is 11.9 Å². The van der Waals surface area contributed by atoms with Gasteiger partial charge in [0.15, 0.2) is 18.5 Å². The van der Waals surface area contributed by atoms with Crippen LogP contribution in [0.5, 0.6) is 0 Å². The van der Waals surface area contributed by atoms with Gasteiger partial charge in [-0.3, -0.25) is 14.4 Å². The molecule has 0 spiro atoms. The summed E-state index contributed by atoms with van der Waals surface area (Å²) in [6, 6.07) is -1.13. The average molecular weight is 305 g/mol. The molecule has 1 saturated heterocycles. The molecule has 1 aliphatic rings. The van der Waals surface area contributed by atoms with Crippen molar-refractivity contribution in [2.24, 2.45) is 0 Å². The minimum Gasteiger partial charge on any atom is -0.456 e. The largest absolute Gasteiger partial charge is 0.456 e. The summed E-state index contributed by atoms with van der Waals surface area (Å²) in [5, 5.41) is 21.5. The molecule has 3 N–H and O–H groups in total. The number of hydrogen-bond donors (Lipinski definition) is 3. The van der Waals surface area contributed by atoms with Gasteiger partial charge < -0.3 is 29.7 Å². The second-order valence-corrected chi connectivity index (χ2v) is 4.62. The van der Waals surface area contributed by atoms with Gasteiger partial charge in [-0.15, -0.1) is 0 Å². The average Bonchev–Trinajstić information content (AvgIpc) is 2.35. The van der Waals surface area contributed by atoms with E-state index in [1.54, 1.807) is 0 Å². The first-order valence-electron chi connectivity index (χ1n) is 6.32. The zero-order chi connectivity index (χ0) is 16.2. The predicted octanol–water partition coefficient (Wildman–Crippen LogP) is -1.94. The Morgan fingerprint density at radius 3 is 2.05 bits per heavy atom. The summed E-state index contributed by atoms with van der Waals surface area (Å²) in [6.45, 7) is 2.90. The van der Waals surface area contributed by atoms with Crippen LogP contribution in [0.1, 0.15) is 20.8 Å². The molecule has 0 saturated carbocycles. The van der Waals surface area contributed by atoms with Crippen LogP contribution in [-0.4, -0.2) is 65.3 Å². The highest BCUT2D eigenvalue weighted by atomic mass is 16.7. The van der Waals surface area contributed by atoms with Crippen molar-refractivity contribution in [3.63, 3.8) is 0 Å². The number of aliphatic hydroxyl groups is 2. The first-order chi connectivity index (χ1) is 9.76. The molecule has 0 radical (unpaired) electrons. The van der Waals surface area contributed by atoms with Crippen molar-refractivity contribution in [1.29, 1.82) is 0 Å². The van der Waals surface area contributed by atoms with Crippen molar-refractivity contribution in [3.8, 4) is 0 Å². The van der Waals surface area contributed by atoms with Gasteiger partial charge in [-0.2, -0.15) is 0 Å². The standard InChI is InChI=1S/C12H19NO8/c1-5(15)13-9-11(20-7(3)17)10(19-6(2)16)8(4-14)21-12(9)18/h8-12,14,18H,4H2,1-3H3,(H,13,15)/t8-,9-,10-,11-,12+/m0/s1. The van der Waals surface area contributed by atoms with E-state index in [0.717, 1.165) is 13.8 Å². The molecule has 1 heterocycles. The van der Waals surface area contributed by atoms with E-state index >= 15 is 0 Å². The molecule has 0 bridgehead atoms. The Bertz CT molecular complexity index is 412. The lowest BCUT2D eigenvalue weighted by atomic mass is 9.96. The van der Waals surface area contributed by atoms with Crippen molar-refractivity contribution in [3.05, 3.63) is 0 Å². The zero-order valence-electron chi connectivity index (χ0n) is 11.9. The topological polar surface area (TPSA) is 131 Å². The summed E-state index contributed by atoms with van der Waals surface area (Å²) in [6.07, 6.45) is -4.95. The minimum absolute atomic E-state index is 0.496. The number of nitrogens with one attached hydrogen (secondary N) is 1. The summed E-state index contributed by atoms with van der Waals surface area (Å²) in [4.78, 5) is 33.6. The van der Waals surface area contributed by atoms with Gasteiger partial charge in [0.25, 0.3) is 0 Å². The van der Waals surface area contributed by atoms with E-state index in [4.69, 9.17) is 14.2 Å². The Balaban J connectivity index is 3.08. The maximum Gasteiger partial charge on any atom is 0.303 e. The molecular formula is C12H19NO8. The molecule has 0 aromatic carbocycles. The molecule has 120 valence electrons. The lowest BCUT2D eigenvalue weighted by Gasteiger charge is -2.43. The molecule has 1 aliphatic heterocycles. The zero-order valence-corrected chi connectivity index (χ0v) is 11.9. The number of carbonyl (C=O) groups is 3. The molecule has 0 aromatic heterocycles. The Labute approximate surface area is 121 Å². The van der Waals surface area contributed by atoms with Crippen LogP contribution in [0.15, 0.2) is 0 Å². The Morgan fingerprint density at radius 2 is 1.62 bits per heavy atom. The molecule has 1 rings (SSSR count). The van der Waals surface area contributed by atoms with Gasteiger partial charge in [0.05, 0.1) is 6.61 Å². The van der Waals surface area contributed by atoms with Gasteiger partial charge in [0.1, 0.15) is 12.1 Å². The third-order valence-electron chi connectivity index (χ3n) is 2.82. The normalized spacial score (nSPS) is 32.1. The van der Waals surface area contributed by atoms with Crippen LogP contribution in [0.25, 0.3) is 0 Å². The van der Waals surface area contributed by atoms with Crippen molar-refractivity contribution < 1.29 is 38.8 Å². The number of esters is 2. The Morgan fingerprint density at radius 1 is 1.10 bits per heavy atom. The number of rotatable bonds is 4. The predicted molar refractivity (Wildman–Crippen MR) is 66.7 cm³/mol. The first-order valence-corrected chi connectivity index (χ1v) is 6.32. The monoisotopic (exact) mass is 305 g/mol. The number of amides is 1. The molecule has 0 aliphatic carbocycles. The second-order valence-electron chi connectivity index (χ2n) is 4.62. The molecule has 0 unspecified atom stereocenters. The van der Waals surface area contributed by atoms with E-state index in [-0.39, 0.29) is 0 Å². The van der Waals surface area contributed by atoms with Crippen molar-refractivity contribution >= 4 is 17.8 Å². The van der Waals surface area contributed by atoms with Crippen LogP contribution in [0.3, 0.4) is 0 Å². The summed E-state index contributed by atoms with van der Waals surface area (Å²) in [7, 11) is 0. The molecule has 1 amide bonds. The van der Waals surface area contributed by atoms with Gasteiger partial charge in [-0.05, 0) is 0 Å². The summed E-state index contributed by atoms with van der Waals surface area (Å²) in [5.74, 6) is -1.88. The molecule has 0 aromatic rings. The fourth-order valence-electron chi connectivity index (χ4n) is 2.12. The molecular weight excluding hydrogens is 286 g/mol. The van der Waals surface area contributed by atoms with E-state index in [9.17, 15) is 24.6 Å². The number of ether oxygens (including phenoxy) is 3. The quantitative estimate of drug-likeness (QED) is 0.511. The maximum atomic E-state index is 11.2. The Hall–Kier alpha value is -1.71. The van der Waals surface area contributed by atoms with Gasteiger partial charge in [0.2, 0.25) is 5.91 Å². The fraction of sp³-hybridized carbons (Fsp3) is 0.750. The van der Waals surface area contributed by atoms with E-state index in [1.807, 2.05) is 0 Å². The number of hydrogen-bond acceptors (Lipinski definition) is 8. The van der Waals surface area contributed by atoms with E-state index in [1.165, 1.54) is 6.92 Å². The summed E-state index contributed by atoms with van der Waals surface area (Å²) >= 11 is 0. The summed E-state index contributed by atoms with van der Waals surface area (Å²) in [5.41, 5.74) is 0. The number of carbonyl (C=O) groups excluding carboxylic acids is 3. The molecule has 9 nitrogen and oxygen atoms in total. The van der Waals surface area contributed by atoms with Crippen molar-refractivity contribution in [1.82, 2.24) is 5.32 Å². The van der Waals surface area contributed by atoms with E-state index in [2.05, 4.69) is 5.32 Å². The van der Waals surface area contributed by atoms with Crippen LogP contribution < -0.4 is 5.32 Å². The molecule has 1 fully saturated rings. The first kappa shape index (κ1) is 17.3. The van der Waals surface area contributed by atoms with Crippen molar-refractivity contribution in [2.45, 2.75) is 51.4 Å². The smallest absolute Gasteiger partial charge is 0.303 e. The van der Waals surface area contributed by atoms with E-state index in [0.29, 0.717) is 0 Å². The second kappa shape index (κ2) is 7.34. The van der Waals surface area contributed by atoms with Crippen LogP contribution in [0.2, 0.25) is 0 Å². The maximum absolute atomic E-state index is 11.2. The lowest BCUT2D eigenvalue weighted by molar-refractivity contribution is -0.263. The molecule has 9 heteroatoms. The van der Waals surface area contributed by atoms with Crippen LogP contribution in [0, 0.1) is 0 Å². The minimum atomic E-state index is -1.53. The molecule has 21 heavy (non-hydrogen) atoms. The van der Waals surface area contributed by atoms with Gasteiger partial charge in [0, 0.05) is 20.8 Å². The van der Waals surface area contributed by atoms with Gasteiger partial charge in [-0.25, -0.2) is 0 Å². The van der Waals surface area contributed by atoms with Crippen LogP contribution in [0.4, 0.5) is 0 Å². The summed E-state index contributed by atoms with van der Waals surface area (Å²) < 4.78 is 15.1. The third kappa shape index (κ3) is 4.66. The number of aliphatic hydroxyl groups excluding tert-OH is 2. The highest BCUT2D eigenvalue weighted by molar-refractivity contribution is 5.73. The highest BCUT2D eigenvalue weighted by Crippen LogP contribution is 2.25. The van der Waals surface area contributed by atoms with Gasteiger partial charge in [-0.1, -0.05) is 0 Å². The van der Waals surface area contributed by atoms with Crippen LogP contribution in [-0.2, 0) is 28.6 Å². The lowest BCUT2D eigenvalue weighted by Crippen LogP contribution is -2.65.